The van der Waals surface area contributed by atoms with E-state index in [0.717, 1.165) is 27.7 Å². The maximum Gasteiger partial charge on any atom is 0.222 e. The first-order valence-electron chi connectivity index (χ1n) is 7.77. The molecule has 0 saturated heterocycles. The number of hydrogen-bond donors (Lipinski definition) is 0. The lowest BCUT2D eigenvalue weighted by Gasteiger charge is -2.18. The normalized spacial score (nSPS) is 10.7. The second-order valence-corrected chi connectivity index (χ2v) is 6.51. The van der Waals surface area contributed by atoms with Gasteiger partial charge in [0.1, 0.15) is 5.82 Å². The third kappa shape index (κ3) is 4.77. The van der Waals surface area contributed by atoms with Crippen molar-refractivity contribution in [1.82, 2.24) is 14.9 Å². The lowest BCUT2D eigenvalue weighted by molar-refractivity contribution is -0.130. The van der Waals surface area contributed by atoms with E-state index >= 15 is 0 Å². The van der Waals surface area contributed by atoms with Crippen molar-refractivity contribution in [3.05, 3.63) is 52.6 Å². The zero-order chi connectivity index (χ0) is 17.7. The van der Waals surface area contributed by atoms with Crippen molar-refractivity contribution in [3.8, 4) is 0 Å². The molecule has 0 saturated carbocycles. The summed E-state index contributed by atoms with van der Waals surface area (Å²) in [6.45, 7) is 4.30. The molecule has 1 amide bonds. The Hall–Kier alpha value is -1.95. The first kappa shape index (κ1) is 18.4. The Morgan fingerprint density at radius 1 is 1.25 bits per heavy atom. The number of rotatable bonds is 6. The minimum Gasteiger partial charge on any atom is -0.341 e. The highest BCUT2D eigenvalue weighted by atomic mass is 32.2. The summed E-state index contributed by atoms with van der Waals surface area (Å²) in [6, 6.07) is 6.32. The maximum absolute atomic E-state index is 13.2. The van der Waals surface area contributed by atoms with Gasteiger partial charge in [-0.2, -0.15) is 0 Å². The van der Waals surface area contributed by atoms with Crippen LogP contribution >= 0.6 is 11.8 Å². The molecule has 24 heavy (non-hydrogen) atoms. The minimum absolute atomic E-state index is 0.0204. The van der Waals surface area contributed by atoms with Gasteiger partial charge >= 0.3 is 0 Å². The first-order chi connectivity index (χ1) is 11.4. The van der Waals surface area contributed by atoms with E-state index < -0.39 is 0 Å². The average molecular weight is 347 g/mol. The number of amides is 1. The average Bonchev–Trinajstić information content (AvgIpc) is 2.53. The van der Waals surface area contributed by atoms with Gasteiger partial charge in [0.2, 0.25) is 5.91 Å². The predicted octanol–water partition coefficient (Wildman–Crippen LogP) is 3.55. The molecule has 1 aromatic heterocycles. The van der Waals surface area contributed by atoms with E-state index in [2.05, 4.69) is 9.97 Å². The Morgan fingerprint density at radius 3 is 2.50 bits per heavy atom. The predicted molar refractivity (Wildman–Crippen MR) is 94.5 cm³/mol. The second-order valence-electron chi connectivity index (χ2n) is 5.74. The lowest BCUT2D eigenvalue weighted by Crippen LogP contribution is -2.26. The number of halogens is 1. The fourth-order valence-electron chi connectivity index (χ4n) is 2.58. The Balaban J connectivity index is 1.97. The number of thioether (sulfide) groups is 1. The first-order valence-corrected chi connectivity index (χ1v) is 8.99. The van der Waals surface area contributed by atoms with Crippen LogP contribution in [0.3, 0.4) is 0 Å². The van der Waals surface area contributed by atoms with Crippen LogP contribution in [0.15, 0.2) is 29.4 Å². The molecule has 1 aromatic carbocycles. The Labute approximate surface area is 146 Å². The summed E-state index contributed by atoms with van der Waals surface area (Å²) in [5.41, 5.74) is 3.66. The van der Waals surface area contributed by atoms with E-state index in [1.165, 1.54) is 23.9 Å². The van der Waals surface area contributed by atoms with Crippen molar-refractivity contribution < 1.29 is 9.18 Å². The number of hydrogen-bond acceptors (Lipinski definition) is 4. The second kappa shape index (κ2) is 8.24. The number of benzene rings is 1. The summed E-state index contributed by atoms with van der Waals surface area (Å²) < 4.78 is 13.2. The molecule has 0 aliphatic heterocycles. The molecule has 0 aliphatic rings. The lowest BCUT2D eigenvalue weighted by atomic mass is 10.1. The van der Waals surface area contributed by atoms with Gasteiger partial charge in [0.05, 0.1) is 0 Å². The summed E-state index contributed by atoms with van der Waals surface area (Å²) >= 11 is 1.51. The van der Waals surface area contributed by atoms with Crippen LogP contribution in [0.4, 0.5) is 4.39 Å². The molecule has 0 atom stereocenters. The van der Waals surface area contributed by atoms with Crippen molar-refractivity contribution in [2.45, 2.75) is 38.4 Å². The van der Waals surface area contributed by atoms with E-state index in [9.17, 15) is 9.18 Å². The molecule has 0 spiro atoms. The molecule has 2 rings (SSSR count). The maximum atomic E-state index is 13.2. The summed E-state index contributed by atoms with van der Waals surface area (Å²) in [5.74, 6) is -0.266. The topological polar surface area (TPSA) is 46.1 Å². The SMILES string of the molecule is CSc1nc(C)c(CCC(=O)N(C)Cc2cccc(F)c2)c(C)n1. The van der Waals surface area contributed by atoms with Gasteiger partial charge in [-0.1, -0.05) is 23.9 Å². The van der Waals surface area contributed by atoms with E-state index in [1.807, 2.05) is 26.2 Å². The highest BCUT2D eigenvalue weighted by Crippen LogP contribution is 2.17. The van der Waals surface area contributed by atoms with Gasteiger partial charge in [-0.15, -0.1) is 0 Å². The van der Waals surface area contributed by atoms with E-state index in [1.54, 1.807) is 18.0 Å². The molecule has 0 aliphatic carbocycles. The van der Waals surface area contributed by atoms with Crippen LogP contribution < -0.4 is 0 Å². The standard InChI is InChI=1S/C18H22FN3OS/c1-12-16(13(2)21-18(20-12)24-4)8-9-17(23)22(3)11-14-6-5-7-15(19)10-14/h5-7,10H,8-9,11H2,1-4H3. The van der Waals surface area contributed by atoms with Crippen LogP contribution in [-0.2, 0) is 17.8 Å². The third-order valence-corrected chi connectivity index (χ3v) is 4.45. The molecule has 0 bridgehead atoms. The van der Waals surface area contributed by atoms with Crippen LogP contribution in [0.5, 0.6) is 0 Å². The molecule has 128 valence electrons. The fraction of sp³-hybridized carbons (Fsp3) is 0.389. The zero-order valence-electron chi connectivity index (χ0n) is 14.5. The quantitative estimate of drug-likeness (QED) is 0.592. The van der Waals surface area contributed by atoms with Crippen molar-refractivity contribution in [2.75, 3.05) is 13.3 Å². The monoisotopic (exact) mass is 347 g/mol. The van der Waals surface area contributed by atoms with Crippen LogP contribution in [-0.4, -0.2) is 34.1 Å². The van der Waals surface area contributed by atoms with Gasteiger partial charge in [0.25, 0.3) is 0 Å². The van der Waals surface area contributed by atoms with Gasteiger partial charge in [-0.25, -0.2) is 14.4 Å². The third-order valence-electron chi connectivity index (χ3n) is 3.91. The smallest absolute Gasteiger partial charge is 0.222 e. The zero-order valence-corrected chi connectivity index (χ0v) is 15.3. The number of carbonyl (C=O) groups excluding carboxylic acids is 1. The van der Waals surface area contributed by atoms with Gasteiger partial charge < -0.3 is 4.90 Å². The molecular formula is C18H22FN3OS. The molecule has 0 fully saturated rings. The summed E-state index contributed by atoms with van der Waals surface area (Å²) in [7, 11) is 1.74. The van der Waals surface area contributed by atoms with Gasteiger partial charge in [0, 0.05) is 31.4 Å². The van der Waals surface area contributed by atoms with Crippen molar-refractivity contribution in [3.63, 3.8) is 0 Å². The van der Waals surface area contributed by atoms with Crippen molar-refractivity contribution in [2.24, 2.45) is 0 Å². The summed E-state index contributed by atoms with van der Waals surface area (Å²) in [4.78, 5) is 22.8. The Kier molecular flexibility index (Phi) is 6.31. The fourth-order valence-corrected chi connectivity index (χ4v) is 3.04. The van der Waals surface area contributed by atoms with Crippen LogP contribution in [0, 0.1) is 19.7 Å². The van der Waals surface area contributed by atoms with Crippen LogP contribution in [0.2, 0.25) is 0 Å². The Bertz CT molecular complexity index is 713. The van der Waals surface area contributed by atoms with Gasteiger partial charge in [-0.05, 0) is 49.8 Å². The molecule has 0 unspecified atom stereocenters. The minimum atomic E-state index is -0.286. The van der Waals surface area contributed by atoms with Crippen LogP contribution in [0.25, 0.3) is 0 Å². The number of carbonyl (C=O) groups is 1. The summed E-state index contributed by atoms with van der Waals surface area (Å²) in [5, 5.41) is 0.753. The molecule has 0 radical (unpaired) electrons. The van der Waals surface area contributed by atoms with Crippen molar-refractivity contribution in [1.29, 1.82) is 0 Å². The molecule has 6 heteroatoms. The van der Waals surface area contributed by atoms with Crippen molar-refractivity contribution >= 4 is 17.7 Å². The van der Waals surface area contributed by atoms with E-state index in [-0.39, 0.29) is 11.7 Å². The molecule has 2 aromatic rings. The molecular weight excluding hydrogens is 325 g/mol. The van der Waals surface area contributed by atoms with Crippen LogP contribution in [0.1, 0.15) is 28.9 Å². The molecule has 4 nitrogen and oxygen atoms in total. The largest absolute Gasteiger partial charge is 0.341 e. The summed E-state index contributed by atoms with van der Waals surface area (Å²) in [6.07, 6.45) is 2.94. The molecule has 1 heterocycles. The van der Waals surface area contributed by atoms with E-state index in [0.29, 0.717) is 19.4 Å². The highest BCUT2D eigenvalue weighted by Gasteiger charge is 2.13. The molecule has 0 N–H and O–H groups in total. The van der Waals surface area contributed by atoms with E-state index in [4.69, 9.17) is 0 Å². The number of aromatic nitrogens is 2. The van der Waals surface area contributed by atoms with Gasteiger partial charge in [0.15, 0.2) is 5.16 Å². The highest BCUT2D eigenvalue weighted by molar-refractivity contribution is 7.98. The Morgan fingerprint density at radius 2 is 1.92 bits per heavy atom. The number of nitrogens with zero attached hydrogens (tertiary/aromatic N) is 3. The van der Waals surface area contributed by atoms with Gasteiger partial charge in [-0.3, -0.25) is 4.79 Å². The number of aryl methyl sites for hydroxylation is 2.